The molecule has 4 heteroatoms. The number of halogens is 2. The summed E-state index contributed by atoms with van der Waals surface area (Å²) >= 11 is 0. The van der Waals surface area contributed by atoms with E-state index >= 15 is 0 Å². The molecule has 1 aromatic carbocycles. The van der Waals surface area contributed by atoms with E-state index in [1.165, 1.54) is 0 Å². The Balaban J connectivity index is 2.78. The second-order valence-corrected chi connectivity index (χ2v) is 4.35. The Labute approximate surface area is 97.3 Å². The van der Waals surface area contributed by atoms with Crippen LogP contribution >= 0.6 is 0 Å². The van der Waals surface area contributed by atoms with Crippen LogP contribution in [0.4, 0.5) is 8.78 Å². The van der Waals surface area contributed by atoms with E-state index in [2.05, 4.69) is 4.98 Å². The molecule has 1 aromatic heterocycles. The molecule has 1 heterocycles. The highest BCUT2D eigenvalue weighted by molar-refractivity contribution is 5.83. The van der Waals surface area contributed by atoms with E-state index in [1.807, 2.05) is 19.9 Å². The first-order valence-corrected chi connectivity index (χ1v) is 5.44. The standard InChI is InChI=1S/C13H13F2NO/c1-7(2)8-3-4-11-9(5-8)10(13(14)15)6-12(17)16-11/h3-7,13H,1-2H3,(H,16,17). The summed E-state index contributed by atoms with van der Waals surface area (Å²) in [4.78, 5) is 13.8. The monoisotopic (exact) mass is 237 g/mol. The Bertz CT molecular complexity index is 602. The lowest BCUT2D eigenvalue weighted by molar-refractivity contribution is 0.153. The summed E-state index contributed by atoms with van der Waals surface area (Å²) in [5.41, 5.74) is 0.736. The smallest absolute Gasteiger partial charge is 0.264 e. The maximum atomic E-state index is 12.9. The third-order valence-corrected chi connectivity index (χ3v) is 2.80. The van der Waals surface area contributed by atoms with Crippen LogP contribution in [0, 0.1) is 0 Å². The SMILES string of the molecule is CC(C)c1ccc2[nH]c(=O)cc(C(F)F)c2c1. The van der Waals surface area contributed by atoms with Gasteiger partial charge in [-0.2, -0.15) is 0 Å². The zero-order valence-corrected chi connectivity index (χ0v) is 9.63. The van der Waals surface area contributed by atoms with Gasteiger partial charge in [0.25, 0.3) is 6.43 Å². The molecular weight excluding hydrogens is 224 g/mol. The summed E-state index contributed by atoms with van der Waals surface area (Å²) < 4.78 is 25.7. The number of rotatable bonds is 2. The minimum atomic E-state index is -2.64. The van der Waals surface area contributed by atoms with Gasteiger partial charge in [0.15, 0.2) is 0 Å². The number of fused-ring (bicyclic) bond motifs is 1. The minimum Gasteiger partial charge on any atom is -0.322 e. The summed E-state index contributed by atoms with van der Waals surface area (Å²) in [6.07, 6.45) is -2.64. The van der Waals surface area contributed by atoms with E-state index in [-0.39, 0.29) is 11.5 Å². The molecule has 0 unspecified atom stereocenters. The quantitative estimate of drug-likeness (QED) is 0.850. The van der Waals surface area contributed by atoms with Crippen LogP contribution in [0.25, 0.3) is 10.9 Å². The average molecular weight is 237 g/mol. The van der Waals surface area contributed by atoms with E-state index in [9.17, 15) is 13.6 Å². The van der Waals surface area contributed by atoms with Crippen molar-refractivity contribution in [1.82, 2.24) is 4.98 Å². The van der Waals surface area contributed by atoms with Crippen LogP contribution in [0.1, 0.15) is 37.3 Å². The molecule has 2 nitrogen and oxygen atoms in total. The van der Waals surface area contributed by atoms with E-state index in [0.717, 1.165) is 11.6 Å². The predicted molar refractivity (Wildman–Crippen MR) is 63.6 cm³/mol. The largest absolute Gasteiger partial charge is 0.322 e. The Kier molecular flexibility index (Phi) is 2.96. The first-order chi connectivity index (χ1) is 7.99. The molecule has 0 saturated carbocycles. The van der Waals surface area contributed by atoms with Gasteiger partial charge in [-0.1, -0.05) is 19.9 Å². The molecule has 0 saturated heterocycles. The van der Waals surface area contributed by atoms with Gasteiger partial charge in [-0.05, 0) is 23.6 Å². The average Bonchev–Trinajstić information content (AvgIpc) is 2.26. The zero-order chi connectivity index (χ0) is 12.6. The van der Waals surface area contributed by atoms with Gasteiger partial charge in [0.05, 0.1) is 0 Å². The molecule has 2 aromatic rings. The van der Waals surface area contributed by atoms with E-state index < -0.39 is 12.0 Å². The Hall–Kier alpha value is -1.71. The van der Waals surface area contributed by atoms with Gasteiger partial charge >= 0.3 is 0 Å². The van der Waals surface area contributed by atoms with Crippen molar-refractivity contribution in [3.8, 4) is 0 Å². The lowest BCUT2D eigenvalue weighted by Gasteiger charge is -2.09. The fraction of sp³-hybridized carbons (Fsp3) is 0.308. The first-order valence-electron chi connectivity index (χ1n) is 5.44. The van der Waals surface area contributed by atoms with E-state index in [4.69, 9.17) is 0 Å². The molecule has 0 spiro atoms. The van der Waals surface area contributed by atoms with Crippen LogP contribution in [0.3, 0.4) is 0 Å². The number of alkyl halides is 2. The predicted octanol–water partition coefficient (Wildman–Crippen LogP) is 3.59. The van der Waals surface area contributed by atoms with Crippen LogP contribution in [-0.4, -0.2) is 4.98 Å². The molecule has 0 bridgehead atoms. The lowest BCUT2D eigenvalue weighted by Crippen LogP contribution is -2.07. The molecule has 0 fully saturated rings. The van der Waals surface area contributed by atoms with Crippen molar-refractivity contribution >= 4 is 10.9 Å². The van der Waals surface area contributed by atoms with Gasteiger partial charge in [0.1, 0.15) is 0 Å². The topological polar surface area (TPSA) is 32.9 Å². The molecule has 17 heavy (non-hydrogen) atoms. The zero-order valence-electron chi connectivity index (χ0n) is 9.63. The molecule has 0 aliphatic heterocycles. The van der Waals surface area contributed by atoms with Gasteiger partial charge in [0, 0.05) is 22.5 Å². The summed E-state index contributed by atoms with van der Waals surface area (Å²) in [6.45, 7) is 3.99. The number of H-pyrrole nitrogens is 1. The number of aromatic nitrogens is 1. The van der Waals surface area contributed by atoms with E-state index in [1.54, 1.807) is 12.1 Å². The van der Waals surface area contributed by atoms with Crippen LogP contribution in [-0.2, 0) is 0 Å². The van der Waals surface area contributed by atoms with Crippen LogP contribution in [0.15, 0.2) is 29.1 Å². The third-order valence-electron chi connectivity index (χ3n) is 2.80. The second-order valence-electron chi connectivity index (χ2n) is 4.35. The summed E-state index contributed by atoms with van der Waals surface area (Å²) in [5.74, 6) is 0.261. The summed E-state index contributed by atoms with van der Waals surface area (Å²) in [7, 11) is 0. The van der Waals surface area contributed by atoms with Gasteiger partial charge in [-0.15, -0.1) is 0 Å². The van der Waals surface area contributed by atoms with Gasteiger partial charge in [-0.3, -0.25) is 4.79 Å². The maximum absolute atomic E-state index is 12.9. The van der Waals surface area contributed by atoms with Crippen molar-refractivity contribution in [2.24, 2.45) is 0 Å². The molecule has 0 radical (unpaired) electrons. The molecule has 0 aliphatic carbocycles. The van der Waals surface area contributed by atoms with Gasteiger partial charge in [-0.25, -0.2) is 8.78 Å². The van der Waals surface area contributed by atoms with Crippen molar-refractivity contribution in [1.29, 1.82) is 0 Å². The lowest BCUT2D eigenvalue weighted by atomic mass is 9.99. The van der Waals surface area contributed by atoms with Crippen LogP contribution in [0.5, 0.6) is 0 Å². The highest BCUT2D eigenvalue weighted by Gasteiger charge is 2.13. The van der Waals surface area contributed by atoms with Crippen molar-refractivity contribution in [3.63, 3.8) is 0 Å². The molecule has 0 amide bonds. The first kappa shape index (κ1) is 11.8. The fourth-order valence-corrected chi connectivity index (χ4v) is 1.84. The number of benzene rings is 1. The summed E-state index contributed by atoms with van der Waals surface area (Å²) in [6, 6.07) is 6.21. The van der Waals surface area contributed by atoms with Gasteiger partial charge < -0.3 is 4.98 Å². The Morgan fingerprint density at radius 2 is 1.88 bits per heavy atom. The third kappa shape index (κ3) is 2.20. The normalized spacial score (nSPS) is 11.6. The highest BCUT2D eigenvalue weighted by atomic mass is 19.3. The number of nitrogens with one attached hydrogen (secondary N) is 1. The molecule has 0 atom stereocenters. The van der Waals surface area contributed by atoms with Crippen molar-refractivity contribution < 1.29 is 8.78 Å². The molecule has 2 rings (SSSR count). The number of hydrogen-bond donors (Lipinski definition) is 1. The van der Waals surface area contributed by atoms with Gasteiger partial charge in [0.2, 0.25) is 5.56 Å². The fourth-order valence-electron chi connectivity index (χ4n) is 1.84. The minimum absolute atomic E-state index is 0.203. The molecule has 90 valence electrons. The number of hydrogen-bond acceptors (Lipinski definition) is 1. The Morgan fingerprint density at radius 1 is 1.18 bits per heavy atom. The second kappa shape index (κ2) is 4.28. The highest BCUT2D eigenvalue weighted by Crippen LogP contribution is 2.27. The number of pyridine rings is 1. The maximum Gasteiger partial charge on any atom is 0.264 e. The van der Waals surface area contributed by atoms with E-state index in [0.29, 0.717) is 10.9 Å². The van der Waals surface area contributed by atoms with Crippen molar-refractivity contribution in [2.45, 2.75) is 26.2 Å². The Morgan fingerprint density at radius 3 is 2.47 bits per heavy atom. The van der Waals surface area contributed by atoms with Crippen LogP contribution in [0.2, 0.25) is 0 Å². The van der Waals surface area contributed by atoms with Crippen molar-refractivity contribution in [3.05, 3.63) is 45.7 Å². The van der Waals surface area contributed by atoms with Crippen molar-refractivity contribution in [2.75, 3.05) is 0 Å². The molecular formula is C13H13F2NO. The number of aromatic amines is 1. The summed E-state index contributed by atoms with van der Waals surface area (Å²) in [5, 5.41) is 0.422. The molecule has 0 aliphatic rings. The van der Waals surface area contributed by atoms with Crippen LogP contribution < -0.4 is 5.56 Å². The molecule has 1 N–H and O–H groups in total.